The summed E-state index contributed by atoms with van der Waals surface area (Å²) in [6.45, 7) is 6.95. The van der Waals surface area contributed by atoms with Crippen molar-refractivity contribution < 1.29 is 9.47 Å². The normalized spacial score (nSPS) is 26.8. The van der Waals surface area contributed by atoms with E-state index >= 15 is 0 Å². The predicted octanol–water partition coefficient (Wildman–Crippen LogP) is 2.60. The maximum atomic E-state index is 5.95. The van der Waals surface area contributed by atoms with Crippen LogP contribution in [0.4, 0.5) is 0 Å². The molecule has 1 saturated carbocycles. The lowest BCUT2D eigenvalue weighted by Crippen LogP contribution is -2.40. The van der Waals surface area contributed by atoms with Crippen molar-refractivity contribution in [3.8, 4) is 0 Å². The van der Waals surface area contributed by atoms with Crippen molar-refractivity contribution in [1.82, 2.24) is 5.32 Å². The van der Waals surface area contributed by atoms with Gasteiger partial charge in [-0.25, -0.2) is 0 Å². The molecule has 3 heteroatoms. The molecule has 0 spiro atoms. The van der Waals surface area contributed by atoms with E-state index < -0.39 is 0 Å². The van der Waals surface area contributed by atoms with E-state index in [1.165, 1.54) is 38.5 Å². The van der Waals surface area contributed by atoms with Crippen molar-refractivity contribution in [3.63, 3.8) is 0 Å². The lowest BCUT2D eigenvalue weighted by atomic mass is 9.98. The summed E-state index contributed by atoms with van der Waals surface area (Å²) in [5, 5.41) is 3.68. The molecule has 2 rings (SSSR count). The summed E-state index contributed by atoms with van der Waals surface area (Å²) >= 11 is 0. The number of hydrogen-bond acceptors (Lipinski definition) is 3. The molecule has 0 amide bonds. The Morgan fingerprint density at radius 1 is 1.28 bits per heavy atom. The minimum atomic E-state index is 0.578. The van der Waals surface area contributed by atoms with Gasteiger partial charge >= 0.3 is 0 Å². The van der Waals surface area contributed by atoms with Gasteiger partial charge in [0.2, 0.25) is 0 Å². The highest BCUT2D eigenvalue weighted by Gasteiger charge is 2.25. The number of rotatable bonds is 8. The lowest BCUT2D eigenvalue weighted by Gasteiger charge is -2.25. The molecule has 0 radical (unpaired) electrons. The van der Waals surface area contributed by atoms with Crippen LogP contribution in [0.5, 0.6) is 0 Å². The number of ether oxygens (including phenoxy) is 2. The Morgan fingerprint density at radius 3 is 2.78 bits per heavy atom. The van der Waals surface area contributed by atoms with Crippen molar-refractivity contribution in [2.24, 2.45) is 11.8 Å². The highest BCUT2D eigenvalue weighted by atomic mass is 16.5. The van der Waals surface area contributed by atoms with E-state index in [0.29, 0.717) is 12.0 Å². The average Bonchev–Trinajstić information content (AvgIpc) is 3.05. The van der Waals surface area contributed by atoms with Gasteiger partial charge in [-0.3, -0.25) is 0 Å². The molecule has 1 aliphatic carbocycles. The van der Waals surface area contributed by atoms with Gasteiger partial charge in [-0.05, 0) is 38.1 Å². The average molecular weight is 255 g/mol. The molecular formula is C15H29NO2. The Balaban J connectivity index is 1.66. The predicted molar refractivity (Wildman–Crippen MR) is 73.8 cm³/mol. The third kappa shape index (κ3) is 4.52. The van der Waals surface area contributed by atoms with Crippen molar-refractivity contribution in [2.45, 2.75) is 51.5 Å². The smallest absolute Gasteiger partial charge is 0.0622 e. The first kappa shape index (κ1) is 14.3. The summed E-state index contributed by atoms with van der Waals surface area (Å²) < 4.78 is 11.3. The van der Waals surface area contributed by atoms with Crippen LogP contribution in [0.2, 0.25) is 0 Å². The second-order valence-electron chi connectivity index (χ2n) is 5.87. The van der Waals surface area contributed by atoms with Gasteiger partial charge in [0.1, 0.15) is 0 Å². The molecule has 2 aliphatic rings. The van der Waals surface area contributed by atoms with Crippen LogP contribution < -0.4 is 5.32 Å². The lowest BCUT2D eigenvalue weighted by molar-refractivity contribution is 0.0626. The zero-order chi connectivity index (χ0) is 12.6. The van der Waals surface area contributed by atoms with Crippen LogP contribution in [0.3, 0.4) is 0 Å². The fourth-order valence-electron chi connectivity index (χ4n) is 3.13. The Bertz CT molecular complexity index is 211. The SMILES string of the molecule is CCCNC(COCC1CCOC1)C1CCCC1. The molecule has 1 N–H and O–H groups in total. The van der Waals surface area contributed by atoms with E-state index in [2.05, 4.69) is 12.2 Å². The topological polar surface area (TPSA) is 30.5 Å². The third-order valence-electron chi connectivity index (χ3n) is 4.30. The standard InChI is InChI=1S/C15H29NO2/c1-2-8-16-15(14-5-3-4-6-14)12-18-11-13-7-9-17-10-13/h13-16H,2-12H2,1H3. The van der Waals surface area contributed by atoms with Gasteiger partial charge in [-0.2, -0.15) is 0 Å². The van der Waals surface area contributed by atoms with E-state index in [4.69, 9.17) is 9.47 Å². The van der Waals surface area contributed by atoms with E-state index in [0.717, 1.165) is 38.9 Å². The molecule has 2 atom stereocenters. The second kappa shape index (κ2) is 8.13. The van der Waals surface area contributed by atoms with Crippen molar-refractivity contribution in [2.75, 3.05) is 33.0 Å². The van der Waals surface area contributed by atoms with Crippen LogP contribution in [0.1, 0.15) is 45.4 Å². The molecule has 1 heterocycles. The molecule has 0 bridgehead atoms. The first-order valence-electron chi connectivity index (χ1n) is 7.79. The monoisotopic (exact) mass is 255 g/mol. The molecule has 1 saturated heterocycles. The molecule has 2 unspecified atom stereocenters. The Hall–Kier alpha value is -0.120. The molecule has 0 aromatic heterocycles. The molecular weight excluding hydrogens is 226 g/mol. The zero-order valence-electron chi connectivity index (χ0n) is 11.8. The van der Waals surface area contributed by atoms with E-state index in [1.54, 1.807) is 0 Å². The summed E-state index contributed by atoms with van der Waals surface area (Å²) in [7, 11) is 0. The van der Waals surface area contributed by atoms with Crippen molar-refractivity contribution >= 4 is 0 Å². The fraction of sp³-hybridized carbons (Fsp3) is 1.00. The maximum absolute atomic E-state index is 5.95. The Kier molecular flexibility index (Phi) is 6.46. The van der Waals surface area contributed by atoms with Gasteiger partial charge in [0.25, 0.3) is 0 Å². The van der Waals surface area contributed by atoms with Crippen LogP contribution in [-0.2, 0) is 9.47 Å². The summed E-state index contributed by atoms with van der Waals surface area (Å²) in [5.74, 6) is 1.48. The molecule has 18 heavy (non-hydrogen) atoms. The van der Waals surface area contributed by atoms with Crippen LogP contribution in [-0.4, -0.2) is 39.0 Å². The first-order chi connectivity index (χ1) is 8.90. The Labute approximate surface area is 112 Å². The van der Waals surface area contributed by atoms with E-state index in [1.807, 2.05) is 0 Å². The molecule has 106 valence electrons. The minimum absolute atomic E-state index is 0.578. The first-order valence-corrected chi connectivity index (χ1v) is 7.79. The summed E-state index contributed by atoms with van der Waals surface area (Å²) in [6.07, 6.45) is 7.97. The third-order valence-corrected chi connectivity index (χ3v) is 4.30. The van der Waals surface area contributed by atoms with E-state index in [9.17, 15) is 0 Å². The number of nitrogens with one attached hydrogen (secondary N) is 1. The summed E-state index contributed by atoms with van der Waals surface area (Å²) in [4.78, 5) is 0. The van der Waals surface area contributed by atoms with Gasteiger partial charge in [0.15, 0.2) is 0 Å². The molecule has 0 aromatic carbocycles. The maximum Gasteiger partial charge on any atom is 0.0622 e. The van der Waals surface area contributed by atoms with Gasteiger partial charge in [-0.15, -0.1) is 0 Å². The summed E-state index contributed by atoms with van der Waals surface area (Å²) in [6, 6.07) is 0.578. The van der Waals surface area contributed by atoms with Gasteiger partial charge in [0.05, 0.1) is 19.8 Å². The van der Waals surface area contributed by atoms with Crippen molar-refractivity contribution in [3.05, 3.63) is 0 Å². The van der Waals surface area contributed by atoms with E-state index in [-0.39, 0.29) is 0 Å². The second-order valence-corrected chi connectivity index (χ2v) is 5.87. The van der Waals surface area contributed by atoms with Crippen LogP contribution in [0, 0.1) is 11.8 Å². The Morgan fingerprint density at radius 2 is 2.11 bits per heavy atom. The number of hydrogen-bond donors (Lipinski definition) is 1. The van der Waals surface area contributed by atoms with Gasteiger partial charge < -0.3 is 14.8 Å². The van der Waals surface area contributed by atoms with Crippen LogP contribution >= 0.6 is 0 Å². The van der Waals surface area contributed by atoms with Crippen LogP contribution in [0.25, 0.3) is 0 Å². The zero-order valence-corrected chi connectivity index (χ0v) is 11.8. The largest absolute Gasteiger partial charge is 0.381 e. The quantitative estimate of drug-likeness (QED) is 0.723. The fourth-order valence-corrected chi connectivity index (χ4v) is 3.13. The highest BCUT2D eigenvalue weighted by Crippen LogP contribution is 2.28. The van der Waals surface area contributed by atoms with Crippen molar-refractivity contribution in [1.29, 1.82) is 0 Å². The summed E-state index contributed by atoms with van der Waals surface area (Å²) in [5.41, 5.74) is 0. The highest BCUT2D eigenvalue weighted by molar-refractivity contribution is 4.80. The van der Waals surface area contributed by atoms with Gasteiger partial charge in [-0.1, -0.05) is 19.8 Å². The van der Waals surface area contributed by atoms with Crippen LogP contribution in [0.15, 0.2) is 0 Å². The molecule has 3 nitrogen and oxygen atoms in total. The van der Waals surface area contributed by atoms with Gasteiger partial charge in [0, 0.05) is 18.6 Å². The minimum Gasteiger partial charge on any atom is -0.381 e. The molecule has 2 fully saturated rings. The molecule has 0 aromatic rings. The molecule has 1 aliphatic heterocycles.